The van der Waals surface area contributed by atoms with Gasteiger partial charge in [0.15, 0.2) is 0 Å². The lowest BCUT2D eigenvalue weighted by Crippen LogP contribution is -2.40. The molecule has 0 unspecified atom stereocenters. The molecular weight excluding hydrogens is 471 g/mol. The van der Waals surface area contributed by atoms with E-state index in [4.69, 9.17) is 5.73 Å². The molecule has 2 aromatic carbocycles. The Bertz CT molecular complexity index is 1610. The number of benzene rings is 2. The van der Waals surface area contributed by atoms with Crippen LogP contribution in [0.25, 0.3) is 17.5 Å². The number of esters is 1. The van der Waals surface area contributed by atoms with E-state index in [0.717, 1.165) is 27.5 Å². The molecule has 1 amide bonds. The summed E-state index contributed by atoms with van der Waals surface area (Å²) in [5, 5.41) is 12.8. The van der Waals surface area contributed by atoms with Gasteiger partial charge < -0.3 is 15.8 Å². The van der Waals surface area contributed by atoms with Gasteiger partial charge in [-0.1, -0.05) is 24.3 Å². The molecule has 0 aliphatic carbocycles. The van der Waals surface area contributed by atoms with Gasteiger partial charge in [-0.3, -0.25) is 14.2 Å². The van der Waals surface area contributed by atoms with Gasteiger partial charge >= 0.3 is 5.97 Å². The second-order valence-corrected chi connectivity index (χ2v) is 8.74. The molecule has 2 heterocycles. The van der Waals surface area contributed by atoms with Crippen LogP contribution in [0.5, 0.6) is 0 Å². The number of nitrogens with one attached hydrogen (secondary N) is 1. The summed E-state index contributed by atoms with van der Waals surface area (Å²) in [7, 11) is 1.17. The molecule has 3 N–H and O–H groups in total. The molecule has 4 rings (SSSR count). The minimum absolute atomic E-state index is 0.0206. The Labute approximate surface area is 202 Å². The number of allylic oxidation sites excluding steroid dienone is 1. The van der Waals surface area contributed by atoms with E-state index in [1.54, 1.807) is 18.2 Å². The standard InChI is InChI=1S/C25H19FN4O4S/c1-13-4-3-5-16(10-13)29-23(32)21-20(14-6-8-15(26)9-7-14)17(12-27)22(28)30-24(33)18(35-25(21)30)11-19(31)34-2/h3-11,20H,28H2,1-2H3,(H,29,32)/b18-11-/t20-/m1/s1. The molecule has 1 aliphatic rings. The van der Waals surface area contributed by atoms with Crippen molar-refractivity contribution in [2.24, 2.45) is 5.73 Å². The number of nitrogens with two attached hydrogens (primary N) is 1. The van der Waals surface area contributed by atoms with Crippen LogP contribution in [0.2, 0.25) is 0 Å². The van der Waals surface area contributed by atoms with E-state index in [0.29, 0.717) is 11.3 Å². The molecule has 0 saturated carbocycles. The number of amides is 1. The SMILES string of the molecule is COC(=O)/C=c1\sc2n(c1=O)C(N)=C(C#N)[C@@H](c1ccc(F)cc1)C=2C(=O)Nc1cccc(C)c1. The van der Waals surface area contributed by atoms with Crippen molar-refractivity contribution in [3.63, 3.8) is 0 Å². The summed E-state index contributed by atoms with van der Waals surface area (Å²) < 4.78 is 19.5. The highest BCUT2D eigenvalue weighted by Gasteiger charge is 2.35. The predicted molar refractivity (Wildman–Crippen MR) is 130 cm³/mol. The second kappa shape index (κ2) is 9.40. The molecule has 176 valence electrons. The number of aromatic nitrogens is 1. The van der Waals surface area contributed by atoms with E-state index in [1.807, 2.05) is 19.1 Å². The number of hydrogen-bond acceptors (Lipinski definition) is 7. The zero-order chi connectivity index (χ0) is 25.3. The van der Waals surface area contributed by atoms with Crippen molar-refractivity contribution in [1.29, 1.82) is 5.26 Å². The van der Waals surface area contributed by atoms with Gasteiger partial charge in [0.1, 0.15) is 20.8 Å². The molecule has 1 atom stereocenters. The van der Waals surface area contributed by atoms with Crippen molar-refractivity contribution in [2.45, 2.75) is 12.8 Å². The Kier molecular flexibility index (Phi) is 6.36. The van der Waals surface area contributed by atoms with Crippen LogP contribution in [0.4, 0.5) is 10.1 Å². The number of carbonyl (C=O) groups excluding carboxylic acids is 2. The van der Waals surface area contributed by atoms with Crippen molar-refractivity contribution < 1.29 is 18.7 Å². The number of anilines is 1. The van der Waals surface area contributed by atoms with Gasteiger partial charge in [0.2, 0.25) is 0 Å². The van der Waals surface area contributed by atoms with Crippen molar-refractivity contribution in [3.05, 3.63) is 90.6 Å². The maximum atomic E-state index is 13.7. The average molecular weight is 491 g/mol. The molecule has 35 heavy (non-hydrogen) atoms. The highest BCUT2D eigenvalue weighted by Crippen LogP contribution is 2.36. The highest BCUT2D eigenvalue weighted by atomic mass is 32.1. The monoisotopic (exact) mass is 490 g/mol. The number of aryl methyl sites for hydroxylation is 1. The molecule has 0 radical (unpaired) electrons. The lowest BCUT2D eigenvalue weighted by molar-refractivity contribution is -0.133. The summed E-state index contributed by atoms with van der Waals surface area (Å²) in [5.74, 6) is -2.98. The minimum Gasteiger partial charge on any atom is -0.466 e. The van der Waals surface area contributed by atoms with E-state index < -0.39 is 29.2 Å². The molecule has 1 aromatic heterocycles. The van der Waals surface area contributed by atoms with Crippen LogP contribution >= 0.6 is 11.3 Å². The number of hydrogen-bond donors (Lipinski definition) is 2. The third-order valence-corrected chi connectivity index (χ3v) is 6.55. The van der Waals surface area contributed by atoms with E-state index in [2.05, 4.69) is 10.1 Å². The normalized spacial score (nSPS) is 15.4. The van der Waals surface area contributed by atoms with Gasteiger partial charge in [0, 0.05) is 11.8 Å². The highest BCUT2D eigenvalue weighted by molar-refractivity contribution is 7.07. The fourth-order valence-electron chi connectivity index (χ4n) is 3.84. The molecule has 0 spiro atoms. The Morgan fingerprint density at radius 2 is 1.97 bits per heavy atom. The predicted octanol–water partition coefficient (Wildman–Crippen LogP) is 1.55. The summed E-state index contributed by atoms with van der Waals surface area (Å²) in [4.78, 5) is 38.6. The van der Waals surface area contributed by atoms with Crippen molar-refractivity contribution in [1.82, 2.24) is 4.57 Å². The summed E-state index contributed by atoms with van der Waals surface area (Å²) in [6.45, 7) is 1.87. The zero-order valence-electron chi connectivity index (χ0n) is 18.7. The van der Waals surface area contributed by atoms with Crippen LogP contribution in [0.15, 0.2) is 58.9 Å². The van der Waals surface area contributed by atoms with E-state index in [1.165, 1.54) is 31.4 Å². The Hall–Kier alpha value is -4.49. The van der Waals surface area contributed by atoms with Crippen LogP contribution in [-0.4, -0.2) is 23.6 Å². The molecule has 8 nitrogen and oxygen atoms in total. The van der Waals surface area contributed by atoms with Gasteiger partial charge in [-0.25, -0.2) is 9.18 Å². The van der Waals surface area contributed by atoms with Gasteiger partial charge in [-0.15, -0.1) is 11.3 Å². The molecule has 1 aliphatic heterocycles. The molecule has 0 fully saturated rings. The number of methoxy groups -OCH3 is 1. The minimum atomic E-state index is -0.977. The third kappa shape index (κ3) is 4.37. The first-order valence-electron chi connectivity index (χ1n) is 10.3. The fourth-order valence-corrected chi connectivity index (χ4v) is 4.98. The molecule has 10 heteroatoms. The van der Waals surface area contributed by atoms with E-state index in [-0.39, 0.29) is 26.2 Å². The first kappa shape index (κ1) is 23.7. The van der Waals surface area contributed by atoms with Gasteiger partial charge in [-0.05, 0) is 42.3 Å². The molecular formula is C25H19FN4O4S. The topological polar surface area (TPSA) is 127 Å². The number of halogens is 1. The lowest BCUT2D eigenvalue weighted by Gasteiger charge is -2.25. The smallest absolute Gasteiger partial charge is 0.332 e. The Balaban J connectivity index is 2.05. The molecule has 3 aromatic rings. The van der Waals surface area contributed by atoms with Crippen molar-refractivity contribution >= 4 is 46.4 Å². The number of thiazole rings is 1. The average Bonchev–Trinajstić information content (AvgIpc) is 3.15. The Morgan fingerprint density at radius 1 is 1.26 bits per heavy atom. The number of fused-ring (bicyclic) bond motifs is 1. The Morgan fingerprint density at radius 3 is 2.60 bits per heavy atom. The van der Waals surface area contributed by atoms with Crippen LogP contribution in [0.3, 0.4) is 0 Å². The number of nitriles is 1. The number of ether oxygens (including phenoxy) is 1. The van der Waals surface area contributed by atoms with Crippen LogP contribution in [0.1, 0.15) is 17.0 Å². The first-order valence-corrected chi connectivity index (χ1v) is 11.2. The summed E-state index contributed by atoms with van der Waals surface area (Å²) in [6.07, 6.45) is 1.00. The molecule has 0 saturated heterocycles. The largest absolute Gasteiger partial charge is 0.466 e. The van der Waals surface area contributed by atoms with E-state index in [9.17, 15) is 24.0 Å². The molecule has 0 bridgehead atoms. The fraction of sp³-hybridized carbons (Fsp3) is 0.120. The van der Waals surface area contributed by atoms with Gasteiger partial charge in [-0.2, -0.15) is 5.26 Å². The van der Waals surface area contributed by atoms with Crippen LogP contribution in [-0.2, 0) is 14.3 Å². The van der Waals surface area contributed by atoms with Gasteiger partial charge in [0.25, 0.3) is 11.5 Å². The lowest BCUT2D eigenvalue weighted by atomic mass is 9.83. The summed E-state index contributed by atoms with van der Waals surface area (Å²) in [5.41, 5.74) is 7.45. The number of carbonyl (C=O) groups is 2. The third-order valence-electron chi connectivity index (χ3n) is 5.44. The maximum Gasteiger partial charge on any atom is 0.332 e. The summed E-state index contributed by atoms with van der Waals surface area (Å²) >= 11 is 0.872. The number of nitrogens with zero attached hydrogens (tertiary/aromatic N) is 2. The second-order valence-electron chi connectivity index (χ2n) is 7.71. The quantitative estimate of drug-likeness (QED) is 0.535. The van der Waals surface area contributed by atoms with E-state index >= 15 is 0 Å². The number of rotatable bonds is 4. The van der Waals surface area contributed by atoms with Crippen molar-refractivity contribution in [2.75, 3.05) is 12.4 Å². The van der Waals surface area contributed by atoms with Crippen LogP contribution < -0.4 is 25.8 Å². The van der Waals surface area contributed by atoms with Gasteiger partial charge in [0.05, 0.1) is 30.2 Å². The van der Waals surface area contributed by atoms with Crippen molar-refractivity contribution in [3.8, 4) is 6.07 Å². The maximum absolute atomic E-state index is 13.7. The zero-order valence-corrected chi connectivity index (χ0v) is 19.5. The first-order chi connectivity index (χ1) is 16.7. The van der Waals surface area contributed by atoms with Crippen LogP contribution in [0, 0.1) is 24.1 Å². The summed E-state index contributed by atoms with van der Waals surface area (Å²) in [6, 6.07) is 14.4.